The van der Waals surface area contributed by atoms with Crippen LogP contribution in [0.1, 0.15) is 0 Å². The van der Waals surface area contributed by atoms with E-state index in [-0.39, 0.29) is 5.78 Å². The Morgan fingerprint density at radius 2 is 2.31 bits per heavy atom. The summed E-state index contributed by atoms with van der Waals surface area (Å²) in [6.45, 7) is 2.63. The Morgan fingerprint density at radius 3 is 3.12 bits per heavy atom. The van der Waals surface area contributed by atoms with Crippen LogP contribution < -0.4 is 15.0 Å². The zero-order valence-corrected chi connectivity index (χ0v) is 9.40. The van der Waals surface area contributed by atoms with Gasteiger partial charge in [0.15, 0.2) is 5.78 Å². The van der Waals surface area contributed by atoms with E-state index in [1.165, 1.54) is 0 Å². The second kappa shape index (κ2) is 4.99. The fourth-order valence-electron chi connectivity index (χ4n) is 1.82. The Labute approximate surface area is 95.2 Å². The van der Waals surface area contributed by atoms with Crippen LogP contribution in [-0.2, 0) is 4.79 Å². The van der Waals surface area contributed by atoms with Crippen molar-refractivity contribution in [3.63, 3.8) is 0 Å². The summed E-state index contributed by atoms with van der Waals surface area (Å²) in [5.74, 6) is 1.04. The molecule has 1 aromatic carbocycles. The summed E-state index contributed by atoms with van der Waals surface area (Å²) >= 11 is 0. The van der Waals surface area contributed by atoms with Crippen LogP contribution in [0, 0.1) is 0 Å². The number of carbonyl (C=O) groups is 1. The van der Waals surface area contributed by atoms with Gasteiger partial charge >= 0.3 is 0 Å². The number of methoxy groups -OCH3 is 1. The molecule has 16 heavy (non-hydrogen) atoms. The predicted molar refractivity (Wildman–Crippen MR) is 63.1 cm³/mol. The standard InChI is InChI=1S/C12H16N2O2/c1-16-12-4-2-3-10(7-12)14-6-5-13-8-11(15)9-14/h2-4,7,13H,5-6,8-9H2,1H3. The lowest BCUT2D eigenvalue weighted by Gasteiger charge is -2.21. The first-order chi connectivity index (χ1) is 7.79. The average molecular weight is 220 g/mol. The topological polar surface area (TPSA) is 41.6 Å². The molecule has 0 aliphatic carbocycles. The molecule has 0 spiro atoms. The Morgan fingerprint density at radius 1 is 1.44 bits per heavy atom. The number of nitrogens with zero attached hydrogens (tertiary/aromatic N) is 1. The molecule has 1 fully saturated rings. The summed E-state index contributed by atoms with van der Waals surface area (Å²) in [5, 5.41) is 3.10. The van der Waals surface area contributed by atoms with E-state index in [0.717, 1.165) is 24.5 Å². The smallest absolute Gasteiger partial charge is 0.165 e. The van der Waals surface area contributed by atoms with Gasteiger partial charge < -0.3 is 15.0 Å². The van der Waals surface area contributed by atoms with Gasteiger partial charge in [-0.3, -0.25) is 4.79 Å². The molecule has 1 saturated heterocycles. The highest BCUT2D eigenvalue weighted by Crippen LogP contribution is 2.20. The van der Waals surface area contributed by atoms with Crippen molar-refractivity contribution >= 4 is 11.5 Å². The van der Waals surface area contributed by atoms with Gasteiger partial charge in [0, 0.05) is 24.8 Å². The molecule has 2 rings (SSSR count). The van der Waals surface area contributed by atoms with Gasteiger partial charge in [-0.1, -0.05) is 6.07 Å². The number of anilines is 1. The van der Waals surface area contributed by atoms with Crippen molar-refractivity contribution in [2.45, 2.75) is 0 Å². The lowest BCUT2D eigenvalue weighted by atomic mass is 10.2. The van der Waals surface area contributed by atoms with Gasteiger partial charge in [0.05, 0.1) is 20.2 Å². The molecule has 0 saturated carbocycles. The second-order valence-electron chi connectivity index (χ2n) is 3.84. The van der Waals surface area contributed by atoms with Gasteiger partial charge in [0.25, 0.3) is 0 Å². The van der Waals surface area contributed by atoms with Crippen molar-refractivity contribution in [3.05, 3.63) is 24.3 Å². The number of carbonyl (C=O) groups excluding carboxylic acids is 1. The summed E-state index contributed by atoms with van der Waals surface area (Å²) in [6, 6.07) is 7.80. The van der Waals surface area contributed by atoms with Gasteiger partial charge in [-0.25, -0.2) is 0 Å². The molecule has 1 aliphatic rings. The largest absolute Gasteiger partial charge is 0.497 e. The van der Waals surface area contributed by atoms with E-state index in [1.807, 2.05) is 24.3 Å². The van der Waals surface area contributed by atoms with Crippen LogP contribution in [0.25, 0.3) is 0 Å². The summed E-state index contributed by atoms with van der Waals surface area (Å²) in [6.07, 6.45) is 0. The van der Waals surface area contributed by atoms with E-state index < -0.39 is 0 Å². The molecule has 1 aliphatic heterocycles. The maximum atomic E-state index is 11.5. The highest BCUT2D eigenvalue weighted by Gasteiger charge is 2.15. The lowest BCUT2D eigenvalue weighted by Crippen LogP contribution is -2.29. The molecule has 0 amide bonds. The Hall–Kier alpha value is -1.55. The number of Topliss-reactive ketones (excluding diaryl/α,β-unsaturated/α-hetero) is 1. The summed E-state index contributed by atoms with van der Waals surface area (Å²) in [7, 11) is 1.65. The van der Waals surface area contributed by atoms with Gasteiger partial charge in [-0.05, 0) is 12.1 Å². The number of ketones is 1. The van der Waals surface area contributed by atoms with Crippen LogP contribution in [-0.4, -0.2) is 39.1 Å². The number of hydrogen-bond donors (Lipinski definition) is 1. The summed E-state index contributed by atoms with van der Waals surface area (Å²) in [4.78, 5) is 13.6. The average Bonchev–Trinajstić information content (AvgIpc) is 2.54. The summed E-state index contributed by atoms with van der Waals surface area (Å²) in [5.41, 5.74) is 1.04. The van der Waals surface area contributed by atoms with E-state index in [9.17, 15) is 4.79 Å². The van der Waals surface area contributed by atoms with Crippen molar-refractivity contribution in [1.82, 2.24) is 5.32 Å². The first-order valence-corrected chi connectivity index (χ1v) is 5.41. The molecule has 0 radical (unpaired) electrons. The minimum absolute atomic E-state index is 0.223. The zero-order chi connectivity index (χ0) is 11.4. The summed E-state index contributed by atoms with van der Waals surface area (Å²) < 4.78 is 5.18. The molecule has 1 heterocycles. The van der Waals surface area contributed by atoms with Gasteiger partial charge in [-0.2, -0.15) is 0 Å². The molecule has 4 nitrogen and oxygen atoms in total. The van der Waals surface area contributed by atoms with Crippen LogP contribution in [0.2, 0.25) is 0 Å². The molecular weight excluding hydrogens is 204 g/mol. The molecule has 1 N–H and O–H groups in total. The van der Waals surface area contributed by atoms with Crippen LogP contribution in [0.3, 0.4) is 0 Å². The van der Waals surface area contributed by atoms with Crippen molar-refractivity contribution in [1.29, 1.82) is 0 Å². The molecule has 86 valence electrons. The molecule has 0 bridgehead atoms. The van der Waals surface area contributed by atoms with E-state index in [4.69, 9.17) is 4.74 Å². The first-order valence-electron chi connectivity index (χ1n) is 5.41. The van der Waals surface area contributed by atoms with Crippen LogP contribution in [0.15, 0.2) is 24.3 Å². The minimum atomic E-state index is 0.223. The maximum Gasteiger partial charge on any atom is 0.165 e. The third kappa shape index (κ3) is 2.52. The Bertz CT molecular complexity index is 379. The molecule has 0 unspecified atom stereocenters. The van der Waals surface area contributed by atoms with Crippen molar-refractivity contribution < 1.29 is 9.53 Å². The Balaban J connectivity index is 2.17. The lowest BCUT2D eigenvalue weighted by molar-refractivity contribution is -0.116. The van der Waals surface area contributed by atoms with Crippen LogP contribution in [0.4, 0.5) is 5.69 Å². The fourth-order valence-corrected chi connectivity index (χ4v) is 1.82. The zero-order valence-electron chi connectivity index (χ0n) is 9.40. The normalized spacial score (nSPS) is 17.1. The van der Waals surface area contributed by atoms with Crippen molar-refractivity contribution in [3.8, 4) is 5.75 Å². The fraction of sp³-hybridized carbons (Fsp3) is 0.417. The molecular formula is C12H16N2O2. The quantitative estimate of drug-likeness (QED) is 0.795. The minimum Gasteiger partial charge on any atom is -0.497 e. The molecule has 0 atom stereocenters. The van der Waals surface area contributed by atoms with E-state index in [0.29, 0.717) is 13.1 Å². The highest BCUT2D eigenvalue weighted by molar-refractivity contribution is 5.85. The van der Waals surface area contributed by atoms with Crippen molar-refractivity contribution in [2.24, 2.45) is 0 Å². The number of ether oxygens (including phenoxy) is 1. The SMILES string of the molecule is COc1cccc(N2CCNCC(=O)C2)c1. The number of benzene rings is 1. The van der Waals surface area contributed by atoms with Gasteiger partial charge in [0.1, 0.15) is 5.75 Å². The van der Waals surface area contributed by atoms with E-state index >= 15 is 0 Å². The molecule has 1 aromatic rings. The van der Waals surface area contributed by atoms with Crippen LogP contribution >= 0.6 is 0 Å². The van der Waals surface area contributed by atoms with Gasteiger partial charge in [0.2, 0.25) is 0 Å². The van der Waals surface area contributed by atoms with Crippen molar-refractivity contribution in [2.75, 3.05) is 38.2 Å². The highest BCUT2D eigenvalue weighted by atomic mass is 16.5. The number of hydrogen-bond acceptors (Lipinski definition) is 4. The third-order valence-electron chi connectivity index (χ3n) is 2.67. The third-order valence-corrected chi connectivity index (χ3v) is 2.67. The molecule has 0 aromatic heterocycles. The monoisotopic (exact) mass is 220 g/mol. The van der Waals surface area contributed by atoms with Gasteiger partial charge in [-0.15, -0.1) is 0 Å². The van der Waals surface area contributed by atoms with Crippen LogP contribution in [0.5, 0.6) is 5.75 Å². The second-order valence-corrected chi connectivity index (χ2v) is 3.84. The van der Waals surface area contributed by atoms with E-state index in [2.05, 4.69) is 10.2 Å². The van der Waals surface area contributed by atoms with E-state index in [1.54, 1.807) is 7.11 Å². The Kier molecular flexibility index (Phi) is 3.41. The maximum absolute atomic E-state index is 11.5. The predicted octanol–water partition coefficient (Wildman–Crippen LogP) is 0.674. The number of nitrogens with one attached hydrogen (secondary N) is 1. The first kappa shape index (κ1) is 11.0. The molecule has 4 heteroatoms. The number of rotatable bonds is 2.